The van der Waals surface area contributed by atoms with Gasteiger partial charge in [0.1, 0.15) is 19.0 Å². The predicted octanol–water partition coefficient (Wildman–Crippen LogP) is 5.72. The average molecular weight is 497 g/mol. The number of rotatable bonds is 6. The zero-order valence-corrected chi connectivity index (χ0v) is 21.2. The molecule has 0 aromatic rings. The van der Waals surface area contributed by atoms with Crippen molar-refractivity contribution in [1.29, 1.82) is 0 Å². The molecule has 0 N–H and O–H groups in total. The van der Waals surface area contributed by atoms with Crippen molar-refractivity contribution in [3.8, 4) is 0 Å². The topological polar surface area (TPSA) is 60.4 Å². The molecule has 3 fully saturated rings. The van der Waals surface area contributed by atoms with Gasteiger partial charge in [-0.15, -0.1) is 11.6 Å². The maximum atomic E-state index is 16.2. The number of hydrogen-bond acceptors (Lipinski definition) is 4. The Hall–Kier alpha value is -1.56. The third-order valence-corrected chi connectivity index (χ3v) is 10.3. The average Bonchev–Trinajstić information content (AvgIpc) is 3.03. The third kappa shape index (κ3) is 3.61. The van der Waals surface area contributed by atoms with Crippen LogP contribution >= 0.6 is 11.6 Å². The molecule has 0 heterocycles. The molecule has 0 amide bonds. The maximum absolute atomic E-state index is 16.2. The van der Waals surface area contributed by atoms with E-state index in [4.69, 9.17) is 16.3 Å². The summed E-state index contributed by atoms with van der Waals surface area (Å²) >= 11 is 7.21. The Morgan fingerprint density at radius 1 is 1.21 bits per heavy atom. The van der Waals surface area contributed by atoms with Crippen molar-refractivity contribution >= 4 is 29.1 Å². The summed E-state index contributed by atoms with van der Waals surface area (Å²) in [6, 6.07) is 0. The molecule has 4 aliphatic rings. The Balaban J connectivity index is 1.63. The number of hydrogen-bond donors (Lipinski definition) is 0. The van der Waals surface area contributed by atoms with Crippen molar-refractivity contribution in [2.75, 3.05) is 6.61 Å². The first kappa shape index (κ1) is 25.5. The lowest BCUT2D eigenvalue weighted by Gasteiger charge is -2.63. The van der Waals surface area contributed by atoms with Gasteiger partial charge in [-0.2, -0.15) is 0 Å². The quantitative estimate of drug-likeness (QED) is 0.349. The van der Waals surface area contributed by atoms with Crippen molar-refractivity contribution in [2.45, 2.75) is 83.4 Å². The first-order valence-corrected chi connectivity index (χ1v) is 12.9. The van der Waals surface area contributed by atoms with E-state index in [9.17, 15) is 14.4 Å². The molecule has 0 aromatic heterocycles. The summed E-state index contributed by atoms with van der Waals surface area (Å²) in [5, 5.41) is 0. The molecule has 7 heteroatoms. The summed E-state index contributed by atoms with van der Waals surface area (Å²) in [6.45, 7) is 7.29. The van der Waals surface area contributed by atoms with Crippen LogP contribution in [-0.2, 0) is 19.1 Å². The number of esters is 1. The SMILES string of the molecule is CCCCC(=O)OCC(=O)[C@H]1[C@H](C)C[C@H]2[C@@H]3C[C@H](F)C4=CC(=O)C=C[C@]4(C)C3(Cl)[C@@H](F)C[C@@]21C. The number of fused-ring (bicyclic) bond motifs is 5. The van der Waals surface area contributed by atoms with Crippen molar-refractivity contribution in [3.63, 3.8) is 0 Å². The lowest BCUT2D eigenvalue weighted by atomic mass is 9.46. The van der Waals surface area contributed by atoms with Gasteiger partial charge in [0, 0.05) is 17.8 Å². The van der Waals surface area contributed by atoms with E-state index in [1.807, 2.05) is 20.8 Å². The lowest BCUT2D eigenvalue weighted by molar-refractivity contribution is -0.152. The number of carbonyl (C=O) groups excluding carboxylic acids is 3. The smallest absolute Gasteiger partial charge is 0.306 e. The standard InChI is InChI=1S/C27H35ClF2O4/c1-5-6-7-23(33)34-14-21(32)24-15(2)10-17-18-12-20(29)19-11-16(31)8-9-26(19,4)27(18,28)22(30)13-25(17,24)3/h8-9,11,15,17-18,20,22,24H,5-7,10,12-14H2,1-4H3/t15-,17+,18+,20+,22+,24-,25+,26+,27?/m1/s1. The van der Waals surface area contributed by atoms with Crippen LogP contribution in [-0.4, -0.2) is 41.4 Å². The summed E-state index contributed by atoms with van der Waals surface area (Å²) in [6.07, 6.45) is 3.91. The van der Waals surface area contributed by atoms with E-state index in [0.29, 0.717) is 12.8 Å². The van der Waals surface area contributed by atoms with Gasteiger partial charge in [0.25, 0.3) is 0 Å². The van der Waals surface area contributed by atoms with Gasteiger partial charge in [-0.1, -0.05) is 40.2 Å². The van der Waals surface area contributed by atoms with E-state index in [1.165, 1.54) is 12.2 Å². The number of allylic oxidation sites excluding steroid dienone is 4. The fourth-order valence-electron chi connectivity index (χ4n) is 7.83. The number of unbranched alkanes of at least 4 members (excludes halogenated alkanes) is 1. The minimum absolute atomic E-state index is 0.0341. The molecule has 9 atom stereocenters. The van der Waals surface area contributed by atoms with E-state index in [0.717, 1.165) is 6.42 Å². The number of halogens is 3. The van der Waals surface area contributed by atoms with Gasteiger partial charge in [0.05, 0.1) is 4.87 Å². The summed E-state index contributed by atoms with van der Waals surface area (Å²) < 4.78 is 37.0. The molecular formula is C27H35ClF2O4. The minimum atomic E-state index is -1.49. The minimum Gasteiger partial charge on any atom is -0.458 e. The van der Waals surface area contributed by atoms with Gasteiger partial charge in [-0.25, -0.2) is 8.78 Å². The van der Waals surface area contributed by atoms with Crippen LogP contribution in [0.4, 0.5) is 8.78 Å². The Labute approximate surface area is 205 Å². The molecule has 34 heavy (non-hydrogen) atoms. The van der Waals surface area contributed by atoms with Crippen LogP contribution in [0.3, 0.4) is 0 Å². The zero-order valence-electron chi connectivity index (χ0n) is 20.4. The van der Waals surface area contributed by atoms with Gasteiger partial charge in [0.15, 0.2) is 11.6 Å². The van der Waals surface area contributed by atoms with Gasteiger partial charge in [-0.05, 0) is 66.6 Å². The first-order chi connectivity index (χ1) is 15.9. The van der Waals surface area contributed by atoms with Crippen LogP contribution in [0.15, 0.2) is 23.8 Å². The van der Waals surface area contributed by atoms with Crippen LogP contribution < -0.4 is 0 Å². The highest BCUT2D eigenvalue weighted by atomic mass is 35.5. The van der Waals surface area contributed by atoms with E-state index < -0.39 is 45.9 Å². The van der Waals surface area contributed by atoms with Crippen LogP contribution in [0.1, 0.15) is 66.2 Å². The molecule has 4 nitrogen and oxygen atoms in total. The van der Waals surface area contributed by atoms with Gasteiger partial charge in [-0.3, -0.25) is 14.4 Å². The number of carbonyl (C=O) groups is 3. The Bertz CT molecular complexity index is 947. The Morgan fingerprint density at radius 2 is 1.91 bits per heavy atom. The molecular weight excluding hydrogens is 462 g/mol. The fourth-order valence-corrected chi connectivity index (χ4v) is 8.32. The van der Waals surface area contributed by atoms with Crippen molar-refractivity contribution in [2.24, 2.45) is 34.5 Å². The number of ether oxygens (including phenoxy) is 1. The van der Waals surface area contributed by atoms with Gasteiger partial charge < -0.3 is 4.74 Å². The lowest BCUT2D eigenvalue weighted by Crippen LogP contribution is -2.66. The van der Waals surface area contributed by atoms with E-state index >= 15 is 8.78 Å². The summed E-state index contributed by atoms with van der Waals surface area (Å²) in [7, 11) is 0. The molecule has 1 unspecified atom stereocenters. The second-order valence-corrected chi connectivity index (χ2v) is 11.9. The molecule has 4 aliphatic carbocycles. The monoisotopic (exact) mass is 496 g/mol. The van der Waals surface area contributed by atoms with Gasteiger partial charge >= 0.3 is 5.97 Å². The highest BCUT2D eigenvalue weighted by Crippen LogP contribution is 2.71. The van der Waals surface area contributed by atoms with E-state index in [-0.39, 0.29) is 54.8 Å². The molecule has 0 aromatic carbocycles. The second-order valence-electron chi connectivity index (χ2n) is 11.3. The fraction of sp³-hybridized carbons (Fsp3) is 0.741. The number of ketones is 2. The molecule has 0 saturated heterocycles. The highest BCUT2D eigenvalue weighted by Gasteiger charge is 2.72. The molecule has 0 spiro atoms. The van der Waals surface area contributed by atoms with E-state index in [1.54, 1.807) is 13.0 Å². The second kappa shape index (κ2) is 8.83. The third-order valence-electron chi connectivity index (χ3n) is 9.38. The van der Waals surface area contributed by atoms with Crippen molar-refractivity contribution in [3.05, 3.63) is 23.8 Å². The van der Waals surface area contributed by atoms with Crippen molar-refractivity contribution in [1.82, 2.24) is 0 Å². The zero-order chi connectivity index (χ0) is 25.1. The molecule has 3 saturated carbocycles. The van der Waals surface area contributed by atoms with Crippen LogP contribution in [0.25, 0.3) is 0 Å². The summed E-state index contributed by atoms with van der Waals surface area (Å²) in [4.78, 5) is 35.8. The molecule has 4 rings (SSSR count). The molecule has 188 valence electrons. The predicted molar refractivity (Wildman–Crippen MR) is 126 cm³/mol. The molecule has 0 radical (unpaired) electrons. The van der Waals surface area contributed by atoms with Crippen molar-refractivity contribution < 1.29 is 27.9 Å². The molecule has 0 aliphatic heterocycles. The summed E-state index contributed by atoms with van der Waals surface area (Å²) in [5.41, 5.74) is -1.57. The summed E-state index contributed by atoms with van der Waals surface area (Å²) in [5.74, 6) is -2.09. The van der Waals surface area contributed by atoms with Crippen LogP contribution in [0.5, 0.6) is 0 Å². The first-order valence-electron chi connectivity index (χ1n) is 12.5. The number of alkyl halides is 3. The van der Waals surface area contributed by atoms with Gasteiger partial charge in [0.2, 0.25) is 0 Å². The highest BCUT2D eigenvalue weighted by molar-refractivity contribution is 6.26. The normalized spacial score (nSPS) is 45.1. The number of Topliss-reactive ketones (excluding diaryl/α,β-unsaturated/α-hetero) is 1. The van der Waals surface area contributed by atoms with E-state index in [2.05, 4.69) is 0 Å². The Morgan fingerprint density at radius 3 is 2.59 bits per heavy atom. The largest absolute Gasteiger partial charge is 0.458 e. The maximum Gasteiger partial charge on any atom is 0.306 e. The van der Waals surface area contributed by atoms with Crippen LogP contribution in [0.2, 0.25) is 0 Å². The van der Waals surface area contributed by atoms with Crippen LogP contribution in [0, 0.1) is 34.5 Å². The Kier molecular flexibility index (Phi) is 6.63. The molecule has 0 bridgehead atoms.